The van der Waals surface area contributed by atoms with Gasteiger partial charge in [0, 0.05) is 11.6 Å². The molecular formula is C13H13FO4. The van der Waals surface area contributed by atoms with Crippen LogP contribution in [0.15, 0.2) is 30.4 Å². The quantitative estimate of drug-likeness (QED) is 0.442. The number of benzene rings is 1. The number of hydrogen-bond donors (Lipinski definition) is 0. The molecule has 0 amide bonds. The summed E-state index contributed by atoms with van der Waals surface area (Å²) in [6.07, 6.45) is 0.510. The Morgan fingerprint density at radius 1 is 1.44 bits per heavy atom. The fraction of sp³-hybridized carbons (Fsp3) is 0.231. The normalized spacial score (nSPS) is 9.67. The van der Waals surface area contributed by atoms with Crippen LogP contribution in [0.4, 0.5) is 4.39 Å². The minimum atomic E-state index is -0.587. The summed E-state index contributed by atoms with van der Waals surface area (Å²) in [6.45, 7) is 5.28. The van der Waals surface area contributed by atoms with Gasteiger partial charge in [0.15, 0.2) is 0 Å². The lowest BCUT2D eigenvalue weighted by atomic mass is 10.2. The number of hydrogen-bond acceptors (Lipinski definition) is 4. The van der Waals surface area contributed by atoms with Gasteiger partial charge < -0.3 is 9.47 Å². The van der Waals surface area contributed by atoms with Crippen molar-refractivity contribution in [3.63, 3.8) is 0 Å². The Balaban J connectivity index is 2.63. The summed E-state index contributed by atoms with van der Waals surface area (Å²) in [7, 11) is 0. The smallest absolute Gasteiger partial charge is 0.336 e. The van der Waals surface area contributed by atoms with Gasteiger partial charge in [-0.15, -0.1) is 0 Å². The van der Waals surface area contributed by atoms with Crippen LogP contribution in [0.5, 0.6) is 5.75 Å². The summed E-state index contributed by atoms with van der Waals surface area (Å²) in [5, 5.41) is 0. The molecule has 1 aromatic rings. The van der Waals surface area contributed by atoms with Gasteiger partial charge in [0.25, 0.3) is 0 Å². The minimum Gasteiger partial charge on any atom is -0.489 e. The Bertz CT molecular complexity index is 468. The third-order valence-corrected chi connectivity index (χ3v) is 2.01. The molecule has 0 saturated carbocycles. The van der Waals surface area contributed by atoms with E-state index in [1.165, 1.54) is 6.07 Å². The zero-order valence-corrected chi connectivity index (χ0v) is 9.94. The van der Waals surface area contributed by atoms with Gasteiger partial charge in [-0.05, 0) is 19.1 Å². The van der Waals surface area contributed by atoms with Crippen LogP contribution in [0, 0.1) is 5.82 Å². The van der Waals surface area contributed by atoms with Crippen LogP contribution in [-0.4, -0.2) is 25.5 Å². The number of halogens is 1. The van der Waals surface area contributed by atoms with Crippen molar-refractivity contribution in [1.82, 2.24) is 0 Å². The fourth-order valence-electron chi connectivity index (χ4n) is 1.20. The maximum absolute atomic E-state index is 13.1. The molecule has 4 nitrogen and oxygen atoms in total. The van der Waals surface area contributed by atoms with E-state index in [4.69, 9.17) is 9.47 Å². The van der Waals surface area contributed by atoms with Crippen LogP contribution in [0.1, 0.15) is 17.3 Å². The molecule has 0 unspecified atom stereocenters. The SMILES string of the molecule is C=C(COc1cc(F)cc(C=O)c1)C(=O)OCC. The summed E-state index contributed by atoms with van der Waals surface area (Å²) in [6, 6.07) is 3.57. The molecule has 0 N–H and O–H groups in total. The molecule has 5 heteroatoms. The number of aldehydes is 1. The maximum Gasteiger partial charge on any atom is 0.336 e. The highest BCUT2D eigenvalue weighted by Gasteiger charge is 2.09. The first kappa shape index (κ1) is 13.9. The van der Waals surface area contributed by atoms with E-state index < -0.39 is 11.8 Å². The predicted octanol–water partition coefficient (Wildman–Crippen LogP) is 2.14. The second kappa shape index (κ2) is 6.54. The summed E-state index contributed by atoms with van der Waals surface area (Å²) in [5.41, 5.74) is 0.278. The van der Waals surface area contributed by atoms with E-state index in [0.29, 0.717) is 6.29 Å². The topological polar surface area (TPSA) is 52.6 Å². The van der Waals surface area contributed by atoms with Gasteiger partial charge in [-0.1, -0.05) is 6.58 Å². The van der Waals surface area contributed by atoms with Crippen molar-refractivity contribution in [2.24, 2.45) is 0 Å². The van der Waals surface area contributed by atoms with Gasteiger partial charge >= 0.3 is 5.97 Å². The molecule has 1 rings (SSSR count). The Labute approximate surface area is 104 Å². The molecule has 0 aliphatic carbocycles. The molecule has 0 bridgehead atoms. The van der Waals surface area contributed by atoms with Crippen molar-refractivity contribution < 1.29 is 23.5 Å². The second-order valence-corrected chi connectivity index (χ2v) is 3.45. The maximum atomic E-state index is 13.1. The van der Waals surface area contributed by atoms with Crippen LogP contribution in [-0.2, 0) is 9.53 Å². The van der Waals surface area contributed by atoms with E-state index in [2.05, 4.69) is 6.58 Å². The third kappa shape index (κ3) is 4.01. The van der Waals surface area contributed by atoms with E-state index in [1.54, 1.807) is 6.92 Å². The molecule has 0 saturated heterocycles. The highest BCUT2D eigenvalue weighted by atomic mass is 19.1. The van der Waals surface area contributed by atoms with E-state index in [1.807, 2.05) is 0 Å². The van der Waals surface area contributed by atoms with Gasteiger partial charge in [-0.3, -0.25) is 4.79 Å². The molecule has 0 heterocycles. The van der Waals surface area contributed by atoms with E-state index in [-0.39, 0.29) is 30.1 Å². The molecule has 0 fully saturated rings. The minimum absolute atomic E-state index is 0.119. The van der Waals surface area contributed by atoms with Crippen molar-refractivity contribution in [2.45, 2.75) is 6.92 Å². The van der Waals surface area contributed by atoms with Gasteiger partial charge in [0.1, 0.15) is 24.5 Å². The first-order valence-corrected chi connectivity index (χ1v) is 5.30. The zero-order valence-electron chi connectivity index (χ0n) is 9.94. The van der Waals surface area contributed by atoms with Crippen molar-refractivity contribution in [1.29, 1.82) is 0 Å². The van der Waals surface area contributed by atoms with E-state index in [0.717, 1.165) is 12.1 Å². The molecule has 0 spiro atoms. The number of rotatable bonds is 6. The standard InChI is InChI=1S/C13H13FO4/c1-3-17-13(16)9(2)8-18-12-5-10(7-15)4-11(14)6-12/h4-7H,2-3,8H2,1H3. The monoisotopic (exact) mass is 252 g/mol. The van der Waals surface area contributed by atoms with Crippen molar-refractivity contribution >= 4 is 12.3 Å². The zero-order chi connectivity index (χ0) is 13.5. The van der Waals surface area contributed by atoms with Crippen molar-refractivity contribution in [3.8, 4) is 5.75 Å². The van der Waals surface area contributed by atoms with Crippen molar-refractivity contribution in [3.05, 3.63) is 41.7 Å². The molecule has 18 heavy (non-hydrogen) atoms. The average molecular weight is 252 g/mol. The predicted molar refractivity (Wildman–Crippen MR) is 63.1 cm³/mol. The van der Waals surface area contributed by atoms with Crippen LogP contribution in [0.2, 0.25) is 0 Å². The molecular weight excluding hydrogens is 239 g/mol. The molecule has 0 aromatic heterocycles. The van der Waals surface area contributed by atoms with Gasteiger partial charge in [-0.2, -0.15) is 0 Å². The Kier molecular flexibility index (Phi) is 5.05. The number of esters is 1. The summed E-state index contributed by atoms with van der Waals surface area (Å²) in [4.78, 5) is 21.8. The van der Waals surface area contributed by atoms with Crippen LogP contribution >= 0.6 is 0 Å². The van der Waals surface area contributed by atoms with Gasteiger partial charge in [0.2, 0.25) is 0 Å². The lowest BCUT2D eigenvalue weighted by molar-refractivity contribution is -0.138. The van der Waals surface area contributed by atoms with E-state index in [9.17, 15) is 14.0 Å². The van der Waals surface area contributed by atoms with E-state index >= 15 is 0 Å². The van der Waals surface area contributed by atoms with Crippen LogP contribution in [0.3, 0.4) is 0 Å². The molecule has 0 aliphatic heterocycles. The Morgan fingerprint density at radius 2 is 2.17 bits per heavy atom. The van der Waals surface area contributed by atoms with Gasteiger partial charge in [-0.25, -0.2) is 9.18 Å². The summed E-state index contributed by atoms with van der Waals surface area (Å²) >= 11 is 0. The number of carbonyl (C=O) groups is 2. The lowest BCUT2D eigenvalue weighted by Crippen LogP contribution is -2.13. The number of carbonyl (C=O) groups excluding carboxylic acids is 2. The lowest BCUT2D eigenvalue weighted by Gasteiger charge is -2.08. The second-order valence-electron chi connectivity index (χ2n) is 3.45. The highest BCUT2D eigenvalue weighted by Crippen LogP contribution is 2.16. The Hall–Kier alpha value is -2.17. The third-order valence-electron chi connectivity index (χ3n) is 2.01. The molecule has 0 atom stereocenters. The summed E-state index contributed by atoms with van der Waals surface area (Å²) < 4.78 is 22.9. The first-order chi connectivity index (χ1) is 8.56. The van der Waals surface area contributed by atoms with Crippen LogP contribution < -0.4 is 4.74 Å². The van der Waals surface area contributed by atoms with Gasteiger partial charge in [0.05, 0.1) is 12.2 Å². The van der Waals surface area contributed by atoms with Crippen LogP contribution in [0.25, 0.3) is 0 Å². The Morgan fingerprint density at radius 3 is 2.78 bits per heavy atom. The molecule has 96 valence electrons. The number of ether oxygens (including phenoxy) is 2. The van der Waals surface area contributed by atoms with Crippen molar-refractivity contribution in [2.75, 3.05) is 13.2 Å². The molecule has 0 aliphatic rings. The molecule has 1 aromatic carbocycles. The highest BCUT2D eigenvalue weighted by molar-refractivity contribution is 5.88. The average Bonchev–Trinajstić information content (AvgIpc) is 2.35. The summed E-state index contributed by atoms with van der Waals surface area (Å²) in [5.74, 6) is -0.997. The molecule has 0 radical (unpaired) electrons. The fourth-order valence-corrected chi connectivity index (χ4v) is 1.20. The largest absolute Gasteiger partial charge is 0.489 e. The first-order valence-electron chi connectivity index (χ1n) is 5.30.